The minimum absolute atomic E-state index is 0.268. The number of hydrogen-bond donors (Lipinski definition) is 1. The lowest BCUT2D eigenvalue weighted by atomic mass is 9.82. The molecule has 2 aromatic carbocycles. The molecule has 0 saturated carbocycles. The number of carbonyl (C=O) groups excluding carboxylic acids is 1. The molecular formula is C21H21FN2O2. The number of anilines is 1. The average molecular weight is 352 g/mol. The Morgan fingerprint density at radius 1 is 1.08 bits per heavy atom. The molecule has 3 saturated heterocycles. The van der Waals surface area contributed by atoms with Gasteiger partial charge >= 0.3 is 6.09 Å². The molecule has 3 fully saturated rings. The van der Waals surface area contributed by atoms with Gasteiger partial charge in [-0.2, -0.15) is 0 Å². The Morgan fingerprint density at radius 3 is 2.50 bits per heavy atom. The minimum atomic E-state index is -0.477. The number of nitrogens with zero attached hydrogens (tertiary/aromatic N) is 1. The van der Waals surface area contributed by atoms with Crippen molar-refractivity contribution in [2.24, 2.45) is 5.92 Å². The van der Waals surface area contributed by atoms with E-state index < -0.39 is 6.09 Å². The molecule has 5 heteroatoms. The number of fused-ring (bicyclic) bond motifs is 3. The van der Waals surface area contributed by atoms with E-state index in [0.29, 0.717) is 11.3 Å². The minimum Gasteiger partial charge on any atom is -0.439 e. The first-order chi connectivity index (χ1) is 12.7. The number of carbonyl (C=O) groups is 1. The van der Waals surface area contributed by atoms with E-state index in [1.807, 2.05) is 42.5 Å². The van der Waals surface area contributed by atoms with E-state index in [0.717, 1.165) is 31.6 Å². The van der Waals surface area contributed by atoms with Crippen LogP contribution in [0.25, 0.3) is 6.08 Å². The van der Waals surface area contributed by atoms with Crippen molar-refractivity contribution in [3.63, 3.8) is 0 Å². The second-order valence-corrected chi connectivity index (χ2v) is 6.73. The molecule has 4 nitrogen and oxygen atoms in total. The van der Waals surface area contributed by atoms with Crippen LogP contribution in [0.2, 0.25) is 0 Å². The summed E-state index contributed by atoms with van der Waals surface area (Å²) in [5.41, 5.74) is 2.10. The summed E-state index contributed by atoms with van der Waals surface area (Å²) in [6.07, 6.45) is 2.96. The highest BCUT2D eigenvalue weighted by atomic mass is 19.1. The lowest BCUT2D eigenvalue weighted by Crippen LogP contribution is -2.50. The Balaban J connectivity index is 1.56. The van der Waals surface area contributed by atoms with Crippen molar-refractivity contribution in [3.05, 3.63) is 71.7 Å². The summed E-state index contributed by atoms with van der Waals surface area (Å²) in [5, 5.41) is 2.76. The molecule has 26 heavy (non-hydrogen) atoms. The van der Waals surface area contributed by atoms with E-state index in [-0.39, 0.29) is 17.8 Å². The van der Waals surface area contributed by atoms with Crippen LogP contribution in [-0.2, 0) is 4.74 Å². The number of benzene rings is 2. The van der Waals surface area contributed by atoms with Crippen molar-refractivity contribution in [1.82, 2.24) is 4.90 Å². The summed E-state index contributed by atoms with van der Waals surface area (Å²) in [7, 11) is 0. The van der Waals surface area contributed by atoms with Crippen LogP contribution >= 0.6 is 0 Å². The molecule has 3 aliphatic heterocycles. The van der Waals surface area contributed by atoms with Gasteiger partial charge in [0.15, 0.2) is 0 Å². The summed E-state index contributed by atoms with van der Waals surface area (Å²) in [4.78, 5) is 14.6. The van der Waals surface area contributed by atoms with Crippen LogP contribution in [-0.4, -0.2) is 30.2 Å². The first-order valence-electron chi connectivity index (χ1n) is 8.94. The molecule has 134 valence electrons. The Labute approximate surface area is 152 Å². The smallest absolute Gasteiger partial charge is 0.412 e. The monoisotopic (exact) mass is 352 g/mol. The summed E-state index contributed by atoms with van der Waals surface area (Å²) in [6, 6.07) is 15.9. The molecule has 1 N–H and O–H groups in total. The normalized spacial score (nSPS) is 23.1. The first kappa shape index (κ1) is 16.6. The van der Waals surface area contributed by atoms with E-state index in [9.17, 15) is 9.18 Å². The number of ether oxygens (including phenoxy) is 1. The number of hydrogen-bond acceptors (Lipinski definition) is 3. The van der Waals surface area contributed by atoms with Gasteiger partial charge in [0.2, 0.25) is 0 Å². The topological polar surface area (TPSA) is 41.6 Å². The number of rotatable bonds is 3. The van der Waals surface area contributed by atoms with Crippen LogP contribution in [0, 0.1) is 11.7 Å². The van der Waals surface area contributed by atoms with Crippen LogP contribution < -0.4 is 5.32 Å². The van der Waals surface area contributed by atoms with E-state index in [1.165, 1.54) is 6.07 Å². The van der Waals surface area contributed by atoms with Gasteiger partial charge in [0.05, 0.1) is 5.70 Å². The van der Waals surface area contributed by atoms with E-state index >= 15 is 0 Å². The molecule has 1 amide bonds. The Morgan fingerprint density at radius 2 is 1.77 bits per heavy atom. The molecule has 0 unspecified atom stereocenters. The molecule has 1 atom stereocenters. The van der Waals surface area contributed by atoms with Gasteiger partial charge in [-0.05, 0) is 37.1 Å². The lowest BCUT2D eigenvalue weighted by Gasteiger charge is -2.47. The van der Waals surface area contributed by atoms with Gasteiger partial charge in [-0.15, -0.1) is 0 Å². The van der Waals surface area contributed by atoms with Gasteiger partial charge in [-0.3, -0.25) is 5.32 Å². The quantitative estimate of drug-likeness (QED) is 0.884. The molecule has 0 aromatic heterocycles. The maximum absolute atomic E-state index is 14.1. The van der Waals surface area contributed by atoms with Crippen molar-refractivity contribution in [2.75, 3.05) is 18.4 Å². The Hall–Kier alpha value is -2.82. The molecule has 2 aromatic rings. The van der Waals surface area contributed by atoms with Crippen LogP contribution in [0.4, 0.5) is 14.9 Å². The van der Waals surface area contributed by atoms with Crippen molar-refractivity contribution in [2.45, 2.75) is 18.9 Å². The molecule has 3 heterocycles. The molecule has 0 radical (unpaired) electrons. The van der Waals surface area contributed by atoms with Gasteiger partial charge < -0.3 is 9.64 Å². The predicted molar refractivity (Wildman–Crippen MR) is 99.0 cm³/mol. The summed E-state index contributed by atoms with van der Waals surface area (Å²) >= 11 is 0. The van der Waals surface area contributed by atoms with Gasteiger partial charge in [0, 0.05) is 30.3 Å². The predicted octanol–water partition coefficient (Wildman–Crippen LogP) is 4.51. The van der Waals surface area contributed by atoms with Crippen LogP contribution in [0.15, 0.2) is 60.3 Å². The maximum Gasteiger partial charge on any atom is 0.412 e. The largest absolute Gasteiger partial charge is 0.439 e. The molecule has 0 aliphatic carbocycles. The van der Waals surface area contributed by atoms with Gasteiger partial charge in [-0.1, -0.05) is 36.4 Å². The Kier molecular flexibility index (Phi) is 4.61. The zero-order valence-corrected chi connectivity index (χ0v) is 14.4. The van der Waals surface area contributed by atoms with E-state index in [2.05, 4.69) is 10.2 Å². The third kappa shape index (κ3) is 3.43. The lowest BCUT2D eigenvalue weighted by molar-refractivity contribution is 0.0103. The van der Waals surface area contributed by atoms with Gasteiger partial charge in [0.25, 0.3) is 0 Å². The van der Waals surface area contributed by atoms with Crippen LogP contribution in [0.3, 0.4) is 0 Å². The molecule has 2 bridgehead atoms. The summed E-state index contributed by atoms with van der Waals surface area (Å²) in [6.45, 7) is 1.84. The zero-order chi connectivity index (χ0) is 17.9. The van der Waals surface area contributed by atoms with Crippen molar-refractivity contribution >= 4 is 17.9 Å². The van der Waals surface area contributed by atoms with Crippen molar-refractivity contribution in [1.29, 1.82) is 0 Å². The Bertz CT molecular complexity index is 814. The molecular weight excluding hydrogens is 331 g/mol. The van der Waals surface area contributed by atoms with Gasteiger partial charge in [-0.25, -0.2) is 9.18 Å². The molecule has 0 spiro atoms. The number of halogens is 1. The fraction of sp³-hybridized carbons (Fsp3) is 0.286. The molecule has 5 rings (SSSR count). The highest BCUT2D eigenvalue weighted by molar-refractivity contribution is 5.84. The second-order valence-electron chi connectivity index (χ2n) is 6.73. The number of piperidine rings is 3. The fourth-order valence-corrected chi connectivity index (χ4v) is 3.75. The second kappa shape index (κ2) is 7.20. The standard InChI is InChI=1S/C21H21FN2O2/c22-18-9-5-4-6-16(18)14-19-20(15-10-12-24(19)13-11-15)26-21(25)23-17-7-2-1-3-8-17/h1-9,14-15,20H,10-13H2,(H,23,25)/t20-/m1/s1. The van der Waals surface area contributed by atoms with Crippen molar-refractivity contribution < 1.29 is 13.9 Å². The fourth-order valence-electron chi connectivity index (χ4n) is 3.75. The highest BCUT2D eigenvalue weighted by Gasteiger charge is 2.40. The number of nitrogens with one attached hydrogen (secondary N) is 1. The summed E-state index contributed by atoms with van der Waals surface area (Å²) in [5.74, 6) is 0.00896. The van der Waals surface area contributed by atoms with Gasteiger partial charge in [0.1, 0.15) is 11.9 Å². The number of para-hydroxylation sites is 1. The van der Waals surface area contributed by atoms with Crippen molar-refractivity contribution in [3.8, 4) is 0 Å². The van der Waals surface area contributed by atoms with Crippen LogP contribution in [0.1, 0.15) is 18.4 Å². The average Bonchev–Trinajstić information content (AvgIpc) is 2.67. The SMILES string of the molecule is O=C(Nc1ccccc1)O[C@H]1C(=Cc2ccccc2F)N2CCC1CC2. The maximum atomic E-state index is 14.1. The highest BCUT2D eigenvalue weighted by Crippen LogP contribution is 2.38. The first-order valence-corrected chi connectivity index (χ1v) is 8.94. The van der Waals surface area contributed by atoms with E-state index in [4.69, 9.17) is 4.74 Å². The molecule has 3 aliphatic rings. The van der Waals surface area contributed by atoms with E-state index in [1.54, 1.807) is 12.1 Å². The zero-order valence-electron chi connectivity index (χ0n) is 14.4. The summed E-state index contributed by atoms with van der Waals surface area (Å²) < 4.78 is 19.9. The third-order valence-corrected chi connectivity index (χ3v) is 5.09. The number of amides is 1. The van der Waals surface area contributed by atoms with Crippen LogP contribution in [0.5, 0.6) is 0 Å². The third-order valence-electron chi connectivity index (χ3n) is 5.09.